The minimum atomic E-state index is -3.14. The molecule has 0 unspecified atom stereocenters. The lowest BCUT2D eigenvalue weighted by Crippen LogP contribution is -2.35. The average Bonchev–Trinajstić information content (AvgIpc) is 2.64. The van der Waals surface area contributed by atoms with Gasteiger partial charge in [0.15, 0.2) is 15.7 Å². The first-order valence-corrected chi connectivity index (χ1v) is 8.72. The molecular weight excluding hydrogens is 266 g/mol. The van der Waals surface area contributed by atoms with E-state index < -0.39 is 9.84 Å². The van der Waals surface area contributed by atoms with Crippen molar-refractivity contribution in [3.8, 4) is 0 Å². The van der Waals surface area contributed by atoms with Crippen molar-refractivity contribution in [3.05, 3.63) is 11.7 Å². The minimum absolute atomic E-state index is 0.183. The van der Waals surface area contributed by atoms with E-state index in [0.717, 1.165) is 31.9 Å². The molecule has 19 heavy (non-hydrogen) atoms. The summed E-state index contributed by atoms with van der Waals surface area (Å²) in [6, 6.07) is 0. The molecular formula is C12H21N3O3S. The lowest BCUT2D eigenvalue weighted by Gasteiger charge is -2.26. The molecule has 1 aliphatic rings. The van der Waals surface area contributed by atoms with Crippen LogP contribution in [0.4, 0.5) is 0 Å². The Balaban J connectivity index is 2.23. The number of hydrogen-bond acceptors (Lipinski definition) is 6. The van der Waals surface area contributed by atoms with Crippen molar-refractivity contribution in [2.75, 3.05) is 12.8 Å². The van der Waals surface area contributed by atoms with E-state index in [0.29, 0.717) is 12.4 Å². The van der Waals surface area contributed by atoms with Crippen LogP contribution in [0.1, 0.15) is 50.2 Å². The standard InChI is InChI=1S/C12H21N3O3S/c1-19(16,17)8-10-14-11(18-15-10)12(9-13)6-4-2-3-5-7-12/h2-9,13H2,1H3. The first kappa shape index (κ1) is 14.5. The molecule has 1 heterocycles. The summed E-state index contributed by atoms with van der Waals surface area (Å²) >= 11 is 0. The van der Waals surface area contributed by atoms with Crippen LogP contribution in [0.25, 0.3) is 0 Å². The summed E-state index contributed by atoms with van der Waals surface area (Å²) < 4.78 is 27.8. The largest absolute Gasteiger partial charge is 0.339 e. The topological polar surface area (TPSA) is 99.1 Å². The molecule has 2 N–H and O–H groups in total. The molecule has 1 aromatic rings. The Bertz CT molecular complexity index is 516. The van der Waals surface area contributed by atoms with Crippen LogP contribution < -0.4 is 5.73 Å². The molecule has 1 fully saturated rings. The molecule has 108 valence electrons. The summed E-state index contributed by atoms with van der Waals surface area (Å²) in [4.78, 5) is 4.27. The first-order chi connectivity index (χ1) is 8.95. The van der Waals surface area contributed by atoms with Gasteiger partial charge in [0.25, 0.3) is 0 Å². The molecule has 0 aromatic carbocycles. The number of sulfone groups is 1. The highest BCUT2D eigenvalue weighted by Crippen LogP contribution is 2.36. The zero-order valence-electron chi connectivity index (χ0n) is 11.3. The van der Waals surface area contributed by atoms with Crippen LogP contribution in [-0.4, -0.2) is 31.4 Å². The third-order valence-corrected chi connectivity index (χ3v) is 4.55. The molecule has 1 aromatic heterocycles. The Morgan fingerprint density at radius 1 is 1.26 bits per heavy atom. The van der Waals surface area contributed by atoms with E-state index in [1.807, 2.05) is 0 Å². The molecule has 0 aliphatic heterocycles. The van der Waals surface area contributed by atoms with Gasteiger partial charge in [0.1, 0.15) is 5.75 Å². The van der Waals surface area contributed by atoms with Crippen molar-refractivity contribution in [2.45, 2.75) is 49.7 Å². The SMILES string of the molecule is CS(=O)(=O)Cc1noc(C2(CN)CCCCCC2)n1. The van der Waals surface area contributed by atoms with Crippen LogP contribution in [0.3, 0.4) is 0 Å². The van der Waals surface area contributed by atoms with E-state index >= 15 is 0 Å². The van der Waals surface area contributed by atoms with Crippen LogP contribution in [0.2, 0.25) is 0 Å². The van der Waals surface area contributed by atoms with Gasteiger partial charge in [0.05, 0.1) is 5.41 Å². The Hall–Kier alpha value is -0.950. The van der Waals surface area contributed by atoms with E-state index in [-0.39, 0.29) is 17.0 Å². The van der Waals surface area contributed by atoms with Gasteiger partial charge in [-0.3, -0.25) is 0 Å². The van der Waals surface area contributed by atoms with Crippen molar-refractivity contribution in [3.63, 3.8) is 0 Å². The Morgan fingerprint density at radius 3 is 2.42 bits per heavy atom. The second kappa shape index (κ2) is 5.58. The maximum absolute atomic E-state index is 11.2. The molecule has 0 atom stereocenters. The number of hydrogen-bond donors (Lipinski definition) is 1. The smallest absolute Gasteiger partial charge is 0.234 e. The summed E-state index contributed by atoms with van der Waals surface area (Å²) in [6.45, 7) is 0.466. The van der Waals surface area contributed by atoms with Crippen molar-refractivity contribution in [2.24, 2.45) is 5.73 Å². The monoisotopic (exact) mass is 287 g/mol. The zero-order valence-corrected chi connectivity index (χ0v) is 12.1. The lowest BCUT2D eigenvalue weighted by atomic mass is 9.80. The van der Waals surface area contributed by atoms with Crippen LogP contribution in [0, 0.1) is 0 Å². The Labute approximate surface area is 113 Å². The van der Waals surface area contributed by atoms with Gasteiger partial charge in [-0.2, -0.15) is 4.98 Å². The maximum atomic E-state index is 11.2. The van der Waals surface area contributed by atoms with Crippen molar-refractivity contribution >= 4 is 9.84 Å². The minimum Gasteiger partial charge on any atom is -0.339 e. The van der Waals surface area contributed by atoms with Crippen LogP contribution in [0.5, 0.6) is 0 Å². The van der Waals surface area contributed by atoms with Crippen molar-refractivity contribution in [1.29, 1.82) is 0 Å². The van der Waals surface area contributed by atoms with Gasteiger partial charge in [0.2, 0.25) is 5.89 Å². The molecule has 1 aliphatic carbocycles. The quantitative estimate of drug-likeness (QED) is 0.834. The van der Waals surface area contributed by atoms with Gasteiger partial charge in [-0.25, -0.2) is 8.42 Å². The summed E-state index contributed by atoms with van der Waals surface area (Å²) in [7, 11) is -3.14. The predicted octanol–water partition coefficient (Wildman–Crippen LogP) is 1.16. The third-order valence-electron chi connectivity index (χ3n) is 3.76. The van der Waals surface area contributed by atoms with Gasteiger partial charge < -0.3 is 10.3 Å². The molecule has 1 saturated carbocycles. The molecule has 7 heteroatoms. The summed E-state index contributed by atoms with van der Waals surface area (Å²) in [6.07, 6.45) is 7.63. The Morgan fingerprint density at radius 2 is 1.89 bits per heavy atom. The van der Waals surface area contributed by atoms with E-state index in [1.165, 1.54) is 12.8 Å². The normalized spacial score (nSPS) is 20.1. The van der Waals surface area contributed by atoms with Crippen molar-refractivity contribution < 1.29 is 12.9 Å². The second-order valence-electron chi connectivity index (χ2n) is 5.48. The lowest BCUT2D eigenvalue weighted by molar-refractivity contribution is 0.256. The highest BCUT2D eigenvalue weighted by Gasteiger charge is 2.37. The second-order valence-corrected chi connectivity index (χ2v) is 7.62. The van der Waals surface area contributed by atoms with Crippen LogP contribution >= 0.6 is 0 Å². The molecule has 0 spiro atoms. The highest BCUT2D eigenvalue weighted by molar-refractivity contribution is 7.89. The molecule has 0 saturated heterocycles. The average molecular weight is 287 g/mol. The number of nitrogens with zero attached hydrogens (tertiary/aromatic N) is 2. The fourth-order valence-corrected chi connectivity index (χ4v) is 3.26. The van der Waals surface area contributed by atoms with E-state index in [1.54, 1.807) is 0 Å². The number of aromatic nitrogens is 2. The van der Waals surface area contributed by atoms with E-state index in [9.17, 15) is 8.42 Å². The molecule has 0 bridgehead atoms. The number of nitrogens with two attached hydrogens (primary N) is 1. The molecule has 0 amide bonds. The first-order valence-electron chi connectivity index (χ1n) is 6.66. The van der Waals surface area contributed by atoms with Gasteiger partial charge in [-0.1, -0.05) is 30.8 Å². The third kappa shape index (κ3) is 3.54. The molecule has 0 radical (unpaired) electrons. The fraction of sp³-hybridized carbons (Fsp3) is 0.833. The van der Waals surface area contributed by atoms with E-state index in [4.69, 9.17) is 10.3 Å². The van der Waals surface area contributed by atoms with Gasteiger partial charge in [0, 0.05) is 12.8 Å². The predicted molar refractivity (Wildman–Crippen MR) is 71.3 cm³/mol. The summed E-state index contributed by atoms with van der Waals surface area (Å²) in [5, 5.41) is 3.78. The highest BCUT2D eigenvalue weighted by atomic mass is 32.2. The van der Waals surface area contributed by atoms with Crippen LogP contribution in [-0.2, 0) is 21.0 Å². The van der Waals surface area contributed by atoms with Crippen LogP contribution in [0.15, 0.2) is 4.52 Å². The van der Waals surface area contributed by atoms with Crippen molar-refractivity contribution in [1.82, 2.24) is 10.1 Å². The van der Waals surface area contributed by atoms with Gasteiger partial charge in [-0.15, -0.1) is 0 Å². The van der Waals surface area contributed by atoms with E-state index in [2.05, 4.69) is 10.1 Å². The zero-order chi connectivity index (χ0) is 13.9. The summed E-state index contributed by atoms with van der Waals surface area (Å²) in [5.41, 5.74) is 5.67. The fourth-order valence-electron chi connectivity index (χ4n) is 2.67. The number of rotatable bonds is 4. The summed E-state index contributed by atoms with van der Waals surface area (Å²) in [5.74, 6) is 0.557. The maximum Gasteiger partial charge on any atom is 0.234 e. The molecule has 2 rings (SSSR count). The van der Waals surface area contributed by atoms with Gasteiger partial charge in [-0.05, 0) is 12.8 Å². The van der Waals surface area contributed by atoms with Gasteiger partial charge >= 0.3 is 0 Å². The Kier molecular flexibility index (Phi) is 4.25. The molecule has 6 nitrogen and oxygen atoms in total.